The number of alkyl halides is 2. The Morgan fingerprint density at radius 3 is 2.28 bits per heavy atom. The Labute approximate surface area is 103 Å². The average molecular weight is 256 g/mol. The molecule has 0 aliphatic rings. The molecule has 1 aromatic rings. The van der Waals surface area contributed by atoms with Gasteiger partial charge in [-0.3, -0.25) is 0 Å². The molecule has 0 amide bonds. The third-order valence-electron chi connectivity index (χ3n) is 2.07. The van der Waals surface area contributed by atoms with Gasteiger partial charge >= 0.3 is 6.61 Å². The molecular weight excluding hydrogens is 242 g/mol. The summed E-state index contributed by atoms with van der Waals surface area (Å²) >= 11 is 0. The molecule has 0 aromatic heterocycles. The van der Waals surface area contributed by atoms with Gasteiger partial charge in [0.15, 0.2) is 0 Å². The summed E-state index contributed by atoms with van der Waals surface area (Å²) in [4.78, 5) is 0. The monoisotopic (exact) mass is 256 g/mol. The lowest BCUT2D eigenvalue weighted by Gasteiger charge is -2.11. The van der Waals surface area contributed by atoms with E-state index in [2.05, 4.69) is 14.9 Å². The summed E-state index contributed by atoms with van der Waals surface area (Å²) in [6, 6.07) is 3.30. The summed E-state index contributed by atoms with van der Waals surface area (Å²) in [7, 11) is 0. The molecule has 7 heteroatoms. The van der Waals surface area contributed by atoms with E-state index in [0.29, 0.717) is 16.7 Å². The van der Waals surface area contributed by atoms with Gasteiger partial charge in [-0.2, -0.15) is 13.9 Å². The van der Waals surface area contributed by atoms with E-state index in [1.807, 2.05) is 0 Å². The Morgan fingerprint density at radius 2 is 1.83 bits per heavy atom. The number of nitrogens with two attached hydrogens (primary N) is 2. The molecule has 0 saturated carbocycles. The van der Waals surface area contributed by atoms with E-state index < -0.39 is 6.61 Å². The van der Waals surface area contributed by atoms with E-state index in [9.17, 15) is 8.78 Å². The van der Waals surface area contributed by atoms with Crippen molar-refractivity contribution in [1.29, 1.82) is 0 Å². The predicted octanol–water partition coefficient (Wildman–Crippen LogP) is 1.51. The fraction of sp³-hybridized carbons (Fsp3) is 0.273. The maximum Gasteiger partial charge on any atom is 0.387 e. The molecule has 0 heterocycles. The zero-order chi connectivity index (χ0) is 13.7. The molecule has 0 aliphatic carbocycles. The lowest BCUT2D eigenvalue weighted by atomic mass is 10.1. The number of aryl methyl sites for hydroxylation is 2. The molecule has 5 nitrogen and oxygen atoms in total. The number of halogens is 2. The van der Waals surface area contributed by atoms with Crippen LogP contribution >= 0.6 is 0 Å². The molecule has 1 rings (SSSR count). The Hall–Kier alpha value is -2.18. The number of benzene rings is 1. The minimum Gasteiger partial charge on any atom is -0.434 e. The minimum atomic E-state index is -2.84. The van der Waals surface area contributed by atoms with Crippen molar-refractivity contribution in [2.75, 3.05) is 0 Å². The van der Waals surface area contributed by atoms with Crippen molar-refractivity contribution in [3.63, 3.8) is 0 Å². The van der Waals surface area contributed by atoms with Crippen molar-refractivity contribution < 1.29 is 13.5 Å². The van der Waals surface area contributed by atoms with Gasteiger partial charge in [0.2, 0.25) is 5.96 Å². The first-order valence-corrected chi connectivity index (χ1v) is 5.08. The predicted molar refractivity (Wildman–Crippen MR) is 66.0 cm³/mol. The van der Waals surface area contributed by atoms with Gasteiger partial charge in [0.25, 0.3) is 0 Å². The number of hydrogen-bond donors (Lipinski definition) is 2. The van der Waals surface area contributed by atoms with Crippen LogP contribution in [0, 0.1) is 13.8 Å². The van der Waals surface area contributed by atoms with E-state index in [4.69, 9.17) is 11.5 Å². The van der Waals surface area contributed by atoms with E-state index in [1.165, 1.54) is 6.21 Å². The van der Waals surface area contributed by atoms with Crippen LogP contribution in [0.5, 0.6) is 5.75 Å². The summed E-state index contributed by atoms with van der Waals surface area (Å²) in [6.07, 6.45) is 1.42. The molecule has 18 heavy (non-hydrogen) atoms. The molecule has 0 radical (unpaired) electrons. The van der Waals surface area contributed by atoms with Crippen molar-refractivity contribution >= 4 is 12.2 Å². The number of rotatable bonds is 4. The molecule has 0 aliphatic heterocycles. The number of guanidine groups is 1. The summed E-state index contributed by atoms with van der Waals surface area (Å²) in [5, 5.41) is 7.08. The van der Waals surface area contributed by atoms with Crippen molar-refractivity contribution in [1.82, 2.24) is 0 Å². The highest BCUT2D eigenvalue weighted by molar-refractivity contribution is 5.82. The van der Waals surface area contributed by atoms with Crippen LogP contribution in [0.15, 0.2) is 22.3 Å². The van der Waals surface area contributed by atoms with Gasteiger partial charge in [-0.1, -0.05) is 0 Å². The lowest BCUT2D eigenvalue weighted by Crippen LogP contribution is -2.21. The number of ether oxygens (including phenoxy) is 1. The topological polar surface area (TPSA) is 86.0 Å². The van der Waals surface area contributed by atoms with E-state index in [1.54, 1.807) is 26.0 Å². The van der Waals surface area contributed by atoms with Gasteiger partial charge in [-0.05, 0) is 42.7 Å². The standard InChI is InChI=1S/C11H14F2N4O/c1-6-3-8(5-16-17-11(14)15)4-7(2)9(6)18-10(12)13/h3-5,10H,1-2H3,(H4,14,15,17). The Kier molecular flexibility index (Phi) is 4.59. The van der Waals surface area contributed by atoms with Crippen LogP contribution in [0.2, 0.25) is 0 Å². The van der Waals surface area contributed by atoms with Crippen molar-refractivity contribution in [2.24, 2.45) is 21.7 Å². The second-order valence-electron chi connectivity index (χ2n) is 3.63. The normalized spacial score (nSPS) is 10.9. The van der Waals surface area contributed by atoms with Crippen LogP contribution in [-0.4, -0.2) is 18.8 Å². The zero-order valence-corrected chi connectivity index (χ0v) is 10.0. The van der Waals surface area contributed by atoms with Gasteiger partial charge in [0, 0.05) is 0 Å². The number of nitrogens with zero attached hydrogens (tertiary/aromatic N) is 2. The first-order valence-electron chi connectivity index (χ1n) is 5.08. The van der Waals surface area contributed by atoms with E-state index >= 15 is 0 Å². The van der Waals surface area contributed by atoms with Crippen LogP contribution in [0.1, 0.15) is 16.7 Å². The largest absolute Gasteiger partial charge is 0.434 e. The smallest absolute Gasteiger partial charge is 0.387 e. The van der Waals surface area contributed by atoms with Gasteiger partial charge in [0.05, 0.1) is 6.21 Å². The van der Waals surface area contributed by atoms with Gasteiger partial charge < -0.3 is 16.2 Å². The third-order valence-corrected chi connectivity index (χ3v) is 2.07. The highest BCUT2D eigenvalue weighted by Crippen LogP contribution is 2.25. The summed E-state index contributed by atoms with van der Waals surface area (Å²) in [6.45, 7) is 0.495. The summed E-state index contributed by atoms with van der Waals surface area (Å²) in [5.74, 6) is 0.0151. The first-order chi connectivity index (χ1) is 8.40. The molecule has 0 spiro atoms. The van der Waals surface area contributed by atoms with Crippen molar-refractivity contribution in [2.45, 2.75) is 20.5 Å². The molecule has 1 aromatic carbocycles. The SMILES string of the molecule is Cc1cc(C=NN=C(N)N)cc(C)c1OC(F)F. The molecular formula is C11H14F2N4O. The van der Waals surface area contributed by atoms with Crippen molar-refractivity contribution in [3.8, 4) is 5.75 Å². The molecule has 4 N–H and O–H groups in total. The van der Waals surface area contributed by atoms with Crippen LogP contribution in [0.4, 0.5) is 8.78 Å². The molecule has 0 saturated heterocycles. The maximum absolute atomic E-state index is 12.2. The highest BCUT2D eigenvalue weighted by Gasteiger charge is 2.10. The van der Waals surface area contributed by atoms with Crippen LogP contribution < -0.4 is 16.2 Å². The highest BCUT2D eigenvalue weighted by atomic mass is 19.3. The third kappa shape index (κ3) is 4.00. The van der Waals surface area contributed by atoms with Gasteiger partial charge in [-0.15, -0.1) is 5.10 Å². The second-order valence-corrected chi connectivity index (χ2v) is 3.63. The quantitative estimate of drug-likeness (QED) is 0.486. The molecule has 0 fully saturated rings. The van der Waals surface area contributed by atoms with Gasteiger partial charge in [-0.25, -0.2) is 0 Å². The maximum atomic E-state index is 12.2. The molecule has 0 bridgehead atoms. The van der Waals surface area contributed by atoms with Crippen LogP contribution in [0.25, 0.3) is 0 Å². The molecule has 98 valence electrons. The molecule has 0 atom stereocenters. The fourth-order valence-corrected chi connectivity index (χ4v) is 1.50. The minimum absolute atomic E-state index is 0.155. The second kappa shape index (κ2) is 5.95. The summed E-state index contributed by atoms with van der Waals surface area (Å²) in [5.41, 5.74) is 12.1. The van der Waals surface area contributed by atoms with Gasteiger partial charge in [0.1, 0.15) is 5.75 Å². The zero-order valence-electron chi connectivity index (χ0n) is 10.0. The van der Waals surface area contributed by atoms with Crippen LogP contribution in [-0.2, 0) is 0 Å². The fourth-order valence-electron chi connectivity index (χ4n) is 1.50. The van der Waals surface area contributed by atoms with E-state index in [0.717, 1.165) is 0 Å². The van der Waals surface area contributed by atoms with Crippen molar-refractivity contribution in [3.05, 3.63) is 28.8 Å². The Bertz CT molecular complexity index is 459. The number of hydrogen-bond acceptors (Lipinski definition) is 3. The van der Waals surface area contributed by atoms with E-state index in [-0.39, 0.29) is 11.7 Å². The average Bonchev–Trinajstić information content (AvgIpc) is 2.22. The first kappa shape index (κ1) is 13.9. The Balaban J connectivity index is 2.99. The molecule has 0 unspecified atom stereocenters. The Morgan fingerprint density at radius 1 is 1.28 bits per heavy atom. The summed E-state index contributed by atoms with van der Waals surface area (Å²) < 4.78 is 28.8. The van der Waals surface area contributed by atoms with Crippen LogP contribution in [0.3, 0.4) is 0 Å². The lowest BCUT2D eigenvalue weighted by molar-refractivity contribution is -0.0507.